The van der Waals surface area contributed by atoms with Crippen LogP contribution >= 0.6 is 0 Å². The summed E-state index contributed by atoms with van der Waals surface area (Å²) >= 11 is 0. The summed E-state index contributed by atoms with van der Waals surface area (Å²) in [7, 11) is 0. The minimum atomic E-state index is 0. The fraction of sp³-hybridized carbons (Fsp3) is 0.545. The van der Waals surface area contributed by atoms with Crippen molar-refractivity contribution in [3.8, 4) is 0 Å². The van der Waals surface area contributed by atoms with Gasteiger partial charge in [0.2, 0.25) is 0 Å². The molecule has 0 nitrogen and oxygen atoms in total. The average molecular weight is 238 g/mol. The number of rotatable bonds is 2. The molecule has 0 saturated heterocycles. The Morgan fingerprint density at radius 2 is 1.67 bits per heavy atom. The smallest absolute Gasteiger partial charge is 0 e. The van der Waals surface area contributed by atoms with Crippen LogP contribution in [0.3, 0.4) is 0 Å². The summed E-state index contributed by atoms with van der Waals surface area (Å²) in [6, 6.07) is 8.78. The van der Waals surface area contributed by atoms with E-state index in [-0.39, 0.29) is 26.2 Å². The molecular weight excluding hydrogens is 223 g/mol. The maximum Gasteiger partial charge on any atom is 0 e. The van der Waals surface area contributed by atoms with E-state index in [9.17, 15) is 0 Å². The second-order valence-electron chi connectivity index (χ2n) is 3.65. The summed E-state index contributed by atoms with van der Waals surface area (Å²) < 4.78 is 0. The Kier molecular flexibility index (Phi) is 4.36. The van der Waals surface area contributed by atoms with E-state index >= 15 is 0 Å². The van der Waals surface area contributed by atoms with Gasteiger partial charge in [0.25, 0.3) is 0 Å². The second-order valence-corrected chi connectivity index (χ2v) is 3.65. The van der Waals surface area contributed by atoms with E-state index in [0.29, 0.717) is 0 Å². The second kappa shape index (κ2) is 5.07. The predicted molar refractivity (Wildman–Crippen MR) is 47.7 cm³/mol. The molecule has 12 heavy (non-hydrogen) atoms. The Bertz CT molecular complexity index is 195. The maximum absolute atomic E-state index is 2.25. The first-order chi connectivity index (χ1) is 5.45. The quantitative estimate of drug-likeness (QED) is 0.695. The van der Waals surface area contributed by atoms with Crippen LogP contribution in [0.4, 0.5) is 0 Å². The van der Waals surface area contributed by atoms with E-state index in [1.807, 2.05) is 0 Å². The van der Waals surface area contributed by atoms with E-state index < -0.39 is 0 Å². The van der Waals surface area contributed by atoms with Crippen LogP contribution in [0.25, 0.3) is 0 Å². The molecule has 1 saturated carbocycles. The van der Waals surface area contributed by atoms with Gasteiger partial charge in [-0.3, -0.25) is 0 Å². The van der Waals surface area contributed by atoms with Gasteiger partial charge in [0.15, 0.2) is 0 Å². The molecule has 0 amide bonds. The van der Waals surface area contributed by atoms with Crippen molar-refractivity contribution in [3.05, 3.63) is 29.8 Å². The molecule has 0 heterocycles. The van der Waals surface area contributed by atoms with Gasteiger partial charge in [-0.15, -0.1) is 0 Å². The third-order valence-electron chi connectivity index (χ3n) is 2.73. The molecular formula is C11H15Zr-. The van der Waals surface area contributed by atoms with Crippen molar-refractivity contribution < 1.29 is 26.2 Å². The van der Waals surface area contributed by atoms with Gasteiger partial charge in [0, 0.05) is 26.2 Å². The molecule has 0 radical (unpaired) electrons. The molecule has 0 unspecified atom stereocenters. The van der Waals surface area contributed by atoms with Crippen molar-refractivity contribution in [2.75, 3.05) is 0 Å². The average Bonchev–Trinajstić information content (AvgIpc) is 2.60. The molecule has 1 fully saturated rings. The molecule has 1 heteroatoms. The molecule has 1 aliphatic rings. The van der Waals surface area contributed by atoms with Gasteiger partial charge < -0.3 is 0 Å². The largest absolute Gasteiger partial charge is 0.213 e. The molecule has 64 valence electrons. The maximum atomic E-state index is 2.25. The van der Waals surface area contributed by atoms with Crippen LogP contribution in [0.5, 0.6) is 0 Å². The van der Waals surface area contributed by atoms with Crippen LogP contribution in [0.2, 0.25) is 0 Å². The van der Waals surface area contributed by atoms with Gasteiger partial charge in [-0.25, -0.2) is 12.1 Å². The minimum Gasteiger partial charge on any atom is -0.213 e. The van der Waals surface area contributed by atoms with Gasteiger partial charge in [-0.2, -0.15) is 17.7 Å². The van der Waals surface area contributed by atoms with Crippen LogP contribution in [-0.4, -0.2) is 0 Å². The normalized spacial score (nSPS) is 17.7. The standard InChI is InChI=1S/C11H15.Zr/c1-2-6-10(5-1)9-11-7-3-4-8-11;/h1-2,5-6,11H,3-4,7-9H2;/q-1;. The zero-order valence-corrected chi connectivity index (χ0v) is 9.88. The van der Waals surface area contributed by atoms with Gasteiger partial charge >= 0.3 is 0 Å². The van der Waals surface area contributed by atoms with Gasteiger partial charge in [0.1, 0.15) is 0 Å². The molecule has 0 atom stereocenters. The summed E-state index contributed by atoms with van der Waals surface area (Å²) in [6.07, 6.45) is 7.18. The summed E-state index contributed by atoms with van der Waals surface area (Å²) in [5.74, 6) is 0.998. The van der Waals surface area contributed by atoms with Crippen LogP contribution in [0.1, 0.15) is 31.2 Å². The van der Waals surface area contributed by atoms with Crippen LogP contribution in [-0.2, 0) is 32.6 Å². The predicted octanol–water partition coefficient (Wildman–Crippen LogP) is 3.14. The Hall–Kier alpha value is 0.233. The molecule has 0 N–H and O–H groups in total. The third-order valence-corrected chi connectivity index (χ3v) is 2.73. The first-order valence-corrected chi connectivity index (χ1v) is 4.66. The van der Waals surface area contributed by atoms with Crippen molar-refractivity contribution in [3.63, 3.8) is 0 Å². The van der Waals surface area contributed by atoms with Gasteiger partial charge in [0.05, 0.1) is 0 Å². The Morgan fingerprint density at radius 1 is 1.08 bits per heavy atom. The Labute approximate surface area is 93.9 Å². The zero-order valence-electron chi connectivity index (χ0n) is 7.42. The van der Waals surface area contributed by atoms with E-state index in [4.69, 9.17) is 0 Å². The molecule has 0 aliphatic heterocycles. The van der Waals surface area contributed by atoms with Crippen molar-refractivity contribution in [1.29, 1.82) is 0 Å². The van der Waals surface area contributed by atoms with Gasteiger partial charge in [-0.05, 0) is 5.92 Å². The van der Waals surface area contributed by atoms with E-state index in [1.54, 1.807) is 0 Å². The number of hydrogen-bond donors (Lipinski definition) is 0. The molecule has 1 aromatic rings. The molecule has 0 spiro atoms. The Balaban J connectivity index is 0.000000720. The van der Waals surface area contributed by atoms with Crippen LogP contribution in [0, 0.1) is 5.92 Å². The minimum absolute atomic E-state index is 0. The summed E-state index contributed by atoms with van der Waals surface area (Å²) in [5.41, 5.74) is 1.54. The van der Waals surface area contributed by atoms with Crippen molar-refractivity contribution in [2.24, 2.45) is 5.92 Å². The van der Waals surface area contributed by atoms with Crippen molar-refractivity contribution in [2.45, 2.75) is 32.1 Å². The molecule has 1 aliphatic carbocycles. The molecule has 1 aromatic carbocycles. The third kappa shape index (κ3) is 2.62. The van der Waals surface area contributed by atoms with Crippen LogP contribution in [0.15, 0.2) is 24.3 Å². The summed E-state index contributed by atoms with van der Waals surface area (Å²) in [4.78, 5) is 0. The molecule has 0 aromatic heterocycles. The summed E-state index contributed by atoms with van der Waals surface area (Å²) in [5, 5.41) is 0. The topological polar surface area (TPSA) is 0 Å². The fourth-order valence-corrected chi connectivity index (χ4v) is 2.10. The Morgan fingerprint density at radius 3 is 2.25 bits per heavy atom. The van der Waals surface area contributed by atoms with E-state index in [1.165, 1.54) is 37.7 Å². The van der Waals surface area contributed by atoms with Gasteiger partial charge in [-0.1, -0.05) is 32.1 Å². The number of hydrogen-bond acceptors (Lipinski definition) is 0. The first-order valence-electron chi connectivity index (χ1n) is 4.66. The SMILES string of the molecule is [Zr].c1cc[c-](CC2CCCC2)c1. The van der Waals surface area contributed by atoms with Crippen molar-refractivity contribution in [1.82, 2.24) is 0 Å². The molecule has 0 bridgehead atoms. The monoisotopic (exact) mass is 237 g/mol. The first kappa shape index (κ1) is 10.3. The van der Waals surface area contributed by atoms with Crippen molar-refractivity contribution >= 4 is 0 Å². The fourth-order valence-electron chi connectivity index (χ4n) is 2.10. The van der Waals surface area contributed by atoms with Crippen LogP contribution < -0.4 is 0 Å². The molecule has 2 rings (SSSR count). The van der Waals surface area contributed by atoms with E-state index in [0.717, 1.165) is 5.92 Å². The van der Waals surface area contributed by atoms with E-state index in [2.05, 4.69) is 24.3 Å². The summed E-state index contributed by atoms with van der Waals surface area (Å²) in [6.45, 7) is 0. The zero-order chi connectivity index (χ0) is 7.52.